The molecule has 1 heterocycles. The molecule has 0 spiro atoms. The minimum absolute atomic E-state index is 0.0456. The first-order chi connectivity index (χ1) is 19.0. The van der Waals surface area contributed by atoms with E-state index in [2.05, 4.69) is 34.6 Å². The fraction of sp³-hybridized carbons (Fsp3) is 0.353. The van der Waals surface area contributed by atoms with Gasteiger partial charge >= 0.3 is 0 Å². The molecular formula is C34H39NO5. The van der Waals surface area contributed by atoms with Crippen molar-refractivity contribution in [1.29, 1.82) is 0 Å². The number of hydrogen-bond acceptors (Lipinski definition) is 5. The summed E-state index contributed by atoms with van der Waals surface area (Å²) < 4.78 is 11.6. The molecule has 1 aliphatic rings. The van der Waals surface area contributed by atoms with E-state index < -0.39 is 17.7 Å². The number of hydrogen-bond donors (Lipinski definition) is 1. The lowest BCUT2D eigenvalue weighted by Crippen LogP contribution is -2.29. The van der Waals surface area contributed by atoms with Gasteiger partial charge in [-0.1, -0.05) is 71.9 Å². The SMILES string of the molecule is CCCOc1cccc(N2C(=O)C(=O)/C(=C(/O)c3ccc(OCC(C)C)cc3)C2c2ccc(C(C)(C)C)cc2)c1. The van der Waals surface area contributed by atoms with Crippen LogP contribution in [0, 0.1) is 5.92 Å². The number of carbonyl (C=O) groups is 2. The molecule has 0 aromatic heterocycles. The van der Waals surface area contributed by atoms with Crippen molar-refractivity contribution < 1.29 is 24.2 Å². The van der Waals surface area contributed by atoms with Crippen LogP contribution in [0.1, 0.15) is 70.7 Å². The lowest BCUT2D eigenvalue weighted by molar-refractivity contribution is -0.132. The molecule has 3 aromatic carbocycles. The number of amides is 1. The Balaban J connectivity index is 1.82. The second-order valence-corrected chi connectivity index (χ2v) is 11.6. The fourth-order valence-electron chi connectivity index (χ4n) is 4.65. The van der Waals surface area contributed by atoms with Crippen LogP contribution in [-0.2, 0) is 15.0 Å². The number of Topliss-reactive ketones (excluding diaryl/α,β-unsaturated/α-hetero) is 1. The van der Waals surface area contributed by atoms with Crippen LogP contribution < -0.4 is 14.4 Å². The maximum atomic E-state index is 13.6. The van der Waals surface area contributed by atoms with Gasteiger partial charge in [0.05, 0.1) is 24.8 Å². The molecule has 1 unspecified atom stereocenters. The normalized spacial score (nSPS) is 17.0. The van der Waals surface area contributed by atoms with Crippen molar-refractivity contribution in [3.8, 4) is 11.5 Å². The molecule has 1 atom stereocenters. The summed E-state index contributed by atoms with van der Waals surface area (Å²) in [6.07, 6.45) is 0.843. The molecule has 6 heteroatoms. The molecule has 0 radical (unpaired) electrons. The third-order valence-electron chi connectivity index (χ3n) is 6.82. The van der Waals surface area contributed by atoms with E-state index in [9.17, 15) is 14.7 Å². The zero-order chi connectivity index (χ0) is 29.0. The molecule has 1 aliphatic heterocycles. The number of aliphatic hydroxyl groups excluding tert-OH is 1. The minimum Gasteiger partial charge on any atom is -0.507 e. The Hall–Kier alpha value is -4.06. The molecule has 1 amide bonds. The third kappa shape index (κ3) is 6.22. The highest BCUT2D eigenvalue weighted by Gasteiger charge is 2.47. The van der Waals surface area contributed by atoms with Gasteiger partial charge in [0, 0.05) is 17.3 Å². The second-order valence-electron chi connectivity index (χ2n) is 11.6. The predicted molar refractivity (Wildman–Crippen MR) is 159 cm³/mol. The van der Waals surface area contributed by atoms with Gasteiger partial charge in [-0.15, -0.1) is 0 Å². The maximum Gasteiger partial charge on any atom is 0.300 e. The topological polar surface area (TPSA) is 76.1 Å². The molecular weight excluding hydrogens is 502 g/mol. The molecule has 1 fully saturated rings. The van der Waals surface area contributed by atoms with Gasteiger partial charge < -0.3 is 14.6 Å². The smallest absolute Gasteiger partial charge is 0.300 e. The summed E-state index contributed by atoms with van der Waals surface area (Å²) in [5.74, 6) is 0.00141. The van der Waals surface area contributed by atoms with Crippen molar-refractivity contribution in [2.45, 2.75) is 59.4 Å². The zero-order valence-corrected chi connectivity index (χ0v) is 24.2. The molecule has 4 rings (SSSR count). The summed E-state index contributed by atoms with van der Waals surface area (Å²) in [6.45, 7) is 13.7. The largest absolute Gasteiger partial charge is 0.507 e. The van der Waals surface area contributed by atoms with Crippen molar-refractivity contribution in [2.24, 2.45) is 5.92 Å². The molecule has 6 nitrogen and oxygen atoms in total. The van der Waals surface area contributed by atoms with E-state index >= 15 is 0 Å². The van der Waals surface area contributed by atoms with Crippen LogP contribution >= 0.6 is 0 Å². The van der Waals surface area contributed by atoms with E-state index in [1.54, 1.807) is 42.5 Å². The highest BCUT2D eigenvalue weighted by atomic mass is 16.5. The summed E-state index contributed by atoms with van der Waals surface area (Å²) in [7, 11) is 0. The van der Waals surface area contributed by atoms with Crippen LogP contribution in [0.15, 0.2) is 78.4 Å². The number of carbonyl (C=O) groups excluding carboxylic acids is 2. The highest BCUT2D eigenvalue weighted by Crippen LogP contribution is 2.43. The first-order valence-corrected chi connectivity index (χ1v) is 13.9. The number of anilines is 1. The Labute approximate surface area is 237 Å². The molecule has 0 aliphatic carbocycles. The van der Waals surface area contributed by atoms with Gasteiger partial charge in [-0.05, 0) is 65.3 Å². The van der Waals surface area contributed by atoms with Gasteiger partial charge in [-0.2, -0.15) is 0 Å². The van der Waals surface area contributed by atoms with Crippen LogP contribution in [0.5, 0.6) is 11.5 Å². The lowest BCUT2D eigenvalue weighted by Gasteiger charge is -2.27. The van der Waals surface area contributed by atoms with Crippen molar-refractivity contribution in [3.63, 3.8) is 0 Å². The Morgan fingerprint density at radius 1 is 0.925 bits per heavy atom. The summed E-state index contributed by atoms with van der Waals surface area (Å²) >= 11 is 0. The van der Waals surface area contributed by atoms with Crippen molar-refractivity contribution in [1.82, 2.24) is 0 Å². The van der Waals surface area contributed by atoms with Crippen molar-refractivity contribution in [2.75, 3.05) is 18.1 Å². The number of aliphatic hydroxyl groups is 1. The Kier molecular flexibility index (Phi) is 8.67. The average Bonchev–Trinajstić information content (AvgIpc) is 3.20. The molecule has 1 saturated heterocycles. The van der Waals surface area contributed by atoms with Crippen molar-refractivity contribution >= 4 is 23.1 Å². The number of benzene rings is 3. The molecule has 40 heavy (non-hydrogen) atoms. The van der Waals surface area contributed by atoms with Crippen LogP contribution in [0.2, 0.25) is 0 Å². The predicted octanol–water partition coefficient (Wildman–Crippen LogP) is 7.43. The van der Waals surface area contributed by atoms with E-state index in [0.29, 0.717) is 41.9 Å². The van der Waals surface area contributed by atoms with Gasteiger partial charge in [0.15, 0.2) is 0 Å². The summed E-state index contributed by atoms with van der Waals surface area (Å²) in [5, 5.41) is 11.5. The van der Waals surface area contributed by atoms with E-state index in [0.717, 1.165) is 17.5 Å². The van der Waals surface area contributed by atoms with Gasteiger partial charge in [0.1, 0.15) is 17.3 Å². The van der Waals surface area contributed by atoms with Gasteiger partial charge in [-0.25, -0.2) is 0 Å². The van der Waals surface area contributed by atoms with Crippen molar-refractivity contribution in [3.05, 3.63) is 95.1 Å². The lowest BCUT2D eigenvalue weighted by atomic mass is 9.85. The number of ketones is 1. The zero-order valence-electron chi connectivity index (χ0n) is 24.2. The Morgan fingerprint density at radius 2 is 1.60 bits per heavy atom. The monoisotopic (exact) mass is 541 g/mol. The van der Waals surface area contributed by atoms with Crippen LogP contribution in [0.3, 0.4) is 0 Å². The molecule has 3 aromatic rings. The van der Waals surface area contributed by atoms with Gasteiger partial charge in [-0.3, -0.25) is 14.5 Å². The van der Waals surface area contributed by atoms with Gasteiger partial charge in [0.25, 0.3) is 11.7 Å². The quantitative estimate of drug-likeness (QED) is 0.173. The van der Waals surface area contributed by atoms with E-state index in [1.165, 1.54) is 4.90 Å². The first-order valence-electron chi connectivity index (χ1n) is 13.9. The summed E-state index contributed by atoms with van der Waals surface area (Å²) in [4.78, 5) is 28.6. The number of ether oxygens (including phenoxy) is 2. The fourth-order valence-corrected chi connectivity index (χ4v) is 4.65. The van der Waals surface area contributed by atoms with Crippen LogP contribution in [0.25, 0.3) is 5.76 Å². The average molecular weight is 542 g/mol. The number of rotatable bonds is 9. The first kappa shape index (κ1) is 28.9. The molecule has 1 N–H and O–H groups in total. The highest BCUT2D eigenvalue weighted by molar-refractivity contribution is 6.51. The number of nitrogens with zero attached hydrogens (tertiary/aromatic N) is 1. The van der Waals surface area contributed by atoms with Crippen LogP contribution in [0.4, 0.5) is 5.69 Å². The summed E-state index contributed by atoms with van der Waals surface area (Å²) in [6, 6.07) is 21.2. The van der Waals surface area contributed by atoms with E-state index in [-0.39, 0.29) is 16.7 Å². The van der Waals surface area contributed by atoms with E-state index in [1.807, 2.05) is 37.3 Å². The molecule has 0 bridgehead atoms. The molecule has 0 saturated carbocycles. The second kappa shape index (κ2) is 12.0. The molecule has 210 valence electrons. The third-order valence-corrected chi connectivity index (χ3v) is 6.82. The van der Waals surface area contributed by atoms with Gasteiger partial charge in [0.2, 0.25) is 0 Å². The minimum atomic E-state index is -0.813. The van der Waals surface area contributed by atoms with Crippen LogP contribution in [-0.4, -0.2) is 30.0 Å². The Bertz CT molecular complexity index is 1380. The standard InChI is InChI=1S/C34H39NO5/c1-7-19-39-28-10-8-9-26(20-28)35-30(23-11-15-25(16-12-23)34(4,5)6)29(32(37)33(35)38)31(36)24-13-17-27(18-14-24)40-21-22(2)3/h8-18,20,22,30,36H,7,19,21H2,1-6H3/b31-29+. The summed E-state index contributed by atoms with van der Waals surface area (Å²) in [5.41, 5.74) is 2.79. The Morgan fingerprint density at radius 3 is 2.20 bits per heavy atom. The van der Waals surface area contributed by atoms with E-state index in [4.69, 9.17) is 9.47 Å². The maximum absolute atomic E-state index is 13.6.